The monoisotopic (exact) mass is 878 g/mol. The van der Waals surface area contributed by atoms with Crippen molar-refractivity contribution in [3.05, 3.63) is 104 Å². The Balaban J connectivity index is 0.000000201. The van der Waals surface area contributed by atoms with E-state index in [1.54, 1.807) is 45.7 Å². The lowest BCUT2D eigenvalue weighted by molar-refractivity contribution is 0.207. The molecule has 8 heterocycles. The molecular weight excluding hydrogens is 825 g/mol. The number of anilines is 2. The number of methoxy groups -OCH3 is 1. The minimum Gasteiger partial charge on any atom is -1.00 e. The lowest BCUT2D eigenvalue weighted by Crippen LogP contribution is -2.16. The lowest BCUT2D eigenvalue weighted by atomic mass is 10.1. The molecule has 0 aliphatic heterocycles. The standard InChI is InChI=1S/C27H30N8O2.C19H22N8O.H/c1-17(2)34-16-23(24-9-10-28-27(32-24)30-12-18(3)36)25(33-34)20-11-21-14-31-35(26(21)29-13-20)15-19-5-7-22(37-4)8-6-19;1-11(2)27-10-15(16-4-5-20-19(24-16)22-7-12(3)28)17(26-27)13-6-14-9-23-25-18(14)21-8-13;/h5-11,13-14,16-18,36H,12,15H2,1-4H3,(H,28,30,32);4-6,8-12,28H,7H2,1-3H3,(H,20,22,24)(H,21,23,25);/q;;-1/t18-;12-;/m00./s1/i;;1+1. The van der Waals surface area contributed by atoms with Gasteiger partial charge in [0.05, 0.1) is 49.6 Å². The van der Waals surface area contributed by atoms with E-state index in [0.29, 0.717) is 31.5 Å². The molecule has 0 aliphatic rings. The fourth-order valence-electron chi connectivity index (χ4n) is 6.87. The van der Waals surface area contributed by atoms with Crippen molar-refractivity contribution in [3.63, 3.8) is 0 Å². The smallest absolute Gasteiger partial charge is 0.223 e. The van der Waals surface area contributed by atoms with Crippen LogP contribution in [0.2, 0.25) is 0 Å². The number of nitrogens with zero attached hydrogens (tertiary/aromatic N) is 13. The van der Waals surface area contributed by atoms with Crippen molar-refractivity contribution in [2.45, 2.75) is 72.4 Å². The summed E-state index contributed by atoms with van der Waals surface area (Å²) in [6.45, 7) is 13.1. The van der Waals surface area contributed by atoms with Gasteiger partial charge in [-0.2, -0.15) is 20.4 Å². The van der Waals surface area contributed by atoms with E-state index in [2.05, 4.69) is 84.6 Å². The van der Waals surface area contributed by atoms with Gasteiger partial charge in [0.25, 0.3) is 0 Å². The average molecular weight is 879 g/mol. The van der Waals surface area contributed by atoms with Crippen LogP contribution in [0.25, 0.3) is 67.1 Å². The molecule has 2 atom stereocenters. The molecule has 0 spiro atoms. The second kappa shape index (κ2) is 19.4. The molecule has 0 unspecified atom stereocenters. The molecule has 0 radical (unpaired) electrons. The maximum absolute atomic E-state index is 9.60. The van der Waals surface area contributed by atoms with E-state index in [9.17, 15) is 10.2 Å². The summed E-state index contributed by atoms with van der Waals surface area (Å²) < 4.78 is 11.0. The molecule has 0 amide bonds. The number of ether oxygens (including phenoxy) is 1. The molecular formula is C46H53N16O3-. The van der Waals surface area contributed by atoms with Gasteiger partial charge in [-0.25, -0.2) is 34.6 Å². The summed E-state index contributed by atoms with van der Waals surface area (Å²) in [5.74, 6) is 1.74. The Bertz CT molecular complexity index is 3010. The van der Waals surface area contributed by atoms with E-state index >= 15 is 0 Å². The van der Waals surface area contributed by atoms with Gasteiger partial charge in [0.2, 0.25) is 11.9 Å². The van der Waals surface area contributed by atoms with Crippen LogP contribution >= 0.6 is 0 Å². The summed E-state index contributed by atoms with van der Waals surface area (Å²) in [5, 5.41) is 48.2. The minimum absolute atomic E-state index is 0. The SMILES string of the molecule is CC(C)n1cc(-c2ccnc(NC[C@H](C)O)n2)c(-c2cnc3[nH]ncc3c2)n1.COc1ccc(Cn2ncc3cc(-c4nn(C(C)C)cc4-c4ccnc(NC[C@H](C)O)n4)cnc32)cc1.[2H-]. The Labute approximate surface area is 376 Å². The predicted molar refractivity (Wildman–Crippen MR) is 250 cm³/mol. The molecule has 0 aliphatic carbocycles. The fourth-order valence-corrected chi connectivity index (χ4v) is 6.87. The van der Waals surface area contributed by atoms with E-state index in [0.717, 1.165) is 78.4 Å². The van der Waals surface area contributed by atoms with Gasteiger partial charge in [-0.3, -0.25) is 14.5 Å². The van der Waals surface area contributed by atoms with Gasteiger partial charge in [-0.15, -0.1) is 0 Å². The number of rotatable bonds is 15. The molecule has 0 fully saturated rings. The van der Waals surface area contributed by atoms with Crippen LogP contribution in [-0.4, -0.2) is 112 Å². The van der Waals surface area contributed by atoms with Crippen molar-refractivity contribution in [1.82, 2.24) is 69.4 Å². The first-order chi connectivity index (χ1) is 31.4. The van der Waals surface area contributed by atoms with E-state index in [4.69, 9.17) is 19.9 Å². The molecule has 0 bridgehead atoms. The number of aromatic amines is 1. The summed E-state index contributed by atoms with van der Waals surface area (Å²) >= 11 is 0. The molecule has 336 valence electrons. The highest BCUT2D eigenvalue weighted by Gasteiger charge is 2.20. The molecule has 19 heteroatoms. The number of aliphatic hydroxyl groups excluding tert-OH is 2. The van der Waals surface area contributed by atoms with Crippen molar-refractivity contribution in [2.24, 2.45) is 0 Å². The van der Waals surface area contributed by atoms with E-state index < -0.39 is 12.2 Å². The zero-order chi connectivity index (χ0) is 45.6. The first kappa shape index (κ1) is 44.0. The summed E-state index contributed by atoms with van der Waals surface area (Å²) in [7, 11) is 1.66. The number of fused-ring (bicyclic) bond motifs is 2. The van der Waals surface area contributed by atoms with Gasteiger partial charge in [0.1, 0.15) is 17.1 Å². The largest absolute Gasteiger partial charge is 1.00 e. The Morgan fingerprint density at radius 1 is 0.677 bits per heavy atom. The van der Waals surface area contributed by atoms with Crippen molar-refractivity contribution >= 4 is 34.0 Å². The molecule has 1 aromatic carbocycles. The number of pyridine rings is 2. The van der Waals surface area contributed by atoms with Crippen LogP contribution in [0.15, 0.2) is 98.1 Å². The first-order valence-electron chi connectivity index (χ1n) is 21.4. The number of nitrogens with one attached hydrogen (secondary N) is 3. The second-order valence-corrected chi connectivity index (χ2v) is 16.2. The number of hydrogen-bond acceptors (Lipinski definition) is 15. The molecule has 5 N–H and O–H groups in total. The number of H-pyrrole nitrogens is 1. The average Bonchev–Trinajstić information content (AvgIpc) is 4.14. The topological polar surface area (TPSA) is 233 Å². The first-order valence-corrected chi connectivity index (χ1v) is 21.4. The Kier molecular flexibility index (Phi) is 13.1. The van der Waals surface area contributed by atoms with Crippen LogP contribution in [0.4, 0.5) is 11.9 Å². The molecule has 0 saturated heterocycles. The van der Waals surface area contributed by atoms with Crippen LogP contribution in [0.5, 0.6) is 5.75 Å². The molecule has 19 nitrogen and oxygen atoms in total. The predicted octanol–water partition coefficient (Wildman–Crippen LogP) is 6.95. The van der Waals surface area contributed by atoms with E-state index in [1.165, 1.54) is 0 Å². The van der Waals surface area contributed by atoms with Gasteiger partial charge in [-0.1, -0.05) is 12.1 Å². The van der Waals surface area contributed by atoms with Crippen LogP contribution < -0.4 is 15.4 Å². The highest BCUT2D eigenvalue weighted by Crippen LogP contribution is 2.34. The van der Waals surface area contributed by atoms with Crippen molar-refractivity contribution in [3.8, 4) is 50.8 Å². The Hall–Kier alpha value is -7.64. The molecule has 65 heavy (non-hydrogen) atoms. The third-order valence-electron chi connectivity index (χ3n) is 10.3. The molecule has 9 aromatic rings. The van der Waals surface area contributed by atoms with Gasteiger partial charge in [0.15, 0.2) is 11.3 Å². The van der Waals surface area contributed by atoms with Gasteiger partial charge in [-0.05, 0) is 83.5 Å². The third kappa shape index (κ3) is 10.3. The quantitative estimate of drug-likeness (QED) is 0.0701. The summed E-state index contributed by atoms with van der Waals surface area (Å²) in [4.78, 5) is 27.0. The Morgan fingerprint density at radius 3 is 1.77 bits per heavy atom. The summed E-state index contributed by atoms with van der Waals surface area (Å²) in [6, 6.07) is 16.1. The zero-order valence-electron chi connectivity index (χ0n) is 38.3. The second-order valence-electron chi connectivity index (χ2n) is 16.2. The molecule has 9 rings (SSSR count). The van der Waals surface area contributed by atoms with Crippen molar-refractivity contribution in [2.75, 3.05) is 30.8 Å². The minimum atomic E-state index is -0.505. The van der Waals surface area contributed by atoms with Crippen molar-refractivity contribution in [1.29, 1.82) is 0 Å². The van der Waals surface area contributed by atoms with Gasteiger partial charge < -0.3 is 27.0 Å². The molecule has 0 saturated carbocycles. The number of aromatic nitrogens is 14. The number of hydrogen-bond donors (Lipinski definition) is 5. The fraction of sp³-hybridized carbons (Fsp3) is 0.304. The van der Waals surface area contributed by atoms with E-state index in [-0.39, 0.29) is 13.5 Å². The van der Waals surface area contributed by atoms with Crippen molar-refractivity contribution < 1.29 is 16.4 Å². The van der Waals surface area contributed by atoms with Gasteiger partial charge in [0, 0.05) is 95.4 Å². The normalized spacial score (nSPS) is 12.4. The third-order valence-corrected chi connectivity index (χ3v) is 10.3. The maximum Gasteiger partial charge on any atom is 0.223 e. The highest BCUT2D eigenvalue weighted by atomic mass is 16.5. The Morgan fingerprint density at radius 2 is 1.23 bits per heavy atom. The summed E-state index contributed by atoms with van der Waals surface area (Å²) in [6.07, 6.45) is 13.6. The lowest BCUT2D eigenvalue weighted by Gasteiger charge is -2.08. The van der Waals surface area contributed by atoms with Gasteiger partial charge >= 0.3 is 0 Å². The maximum atomic E-state index is 9.60. The number of benzene rings is 1. The zero-order valence-corrected chi connectivity index (χ0v) is 37.3. The summed E-state index contributed by atoms with van der Waals surface area (Å²) in [5.41, 5.74) is 9.25. The molecule has 8 aromatic heterocycles. The van der Waals surface area contributed by atoms with Crippen LogP contribution in [0.3, 0.4) is 0 Å². The number of aliphatic hydroxyl groups is 2. The van der Waals surface area contributed by atoms with Crippen LogP contribution in [-0.2, 0) is 6.54 Å². The highest BCUT2D eigenvalue weighted by molar-refractivity contribution is 5.86. The van der Waals surface area contributed by atoms with E-state index in [1.807, 2.05) is 81.3 Å². The van der Waals surface area contributed by atoms with Crippen LogP contribution in [0.1, 0.15) is 60.6 Å². The van der Waals surface area contributed by atoms with Crippen LogP contribution in [0, 0.1) is 0 Å².